The molecule has 0 atom stereocenters. The van der Waals surface area contributed by atoms with Crippen molar-refractivity contribution < 1.29 is 4.74 Å². The molecule has 0 amide bonds. The van der Waals surface area contributed by atoms with Crippen LogP contribution >= 0.6 is 11.6 Å². The monoisotopic (exact) mass is 346 g/mol. The summed E-state index contributed by atoms with van der Waals surface area (Å²) in [5.74, 6) is 2.98. The fourth-order valence-corrected chi connectivity index (χ4v) is 3.40. The molecule has 0 unspecified atom stereocenters. The third-order valence-corrected chi connectivity index (χ3v) is 4.73. The maximum atomic E-state index is 6.30. The number of hydrogen-bond acceptors (Lipinski definition) is 5. The van der Waals surface area contributed by atoms with Crippen molar-refractivity contribution in [2.24, 2.45) is 5.92 Å². The van der Waals surface area contributed by atoms with Gasteiger partial charge in [0.05, 0.1) is 6.61 Å². The molecule has 1 fully saturated rings. The highest BCUT2D eigenvalue weighted by Crippen LogP contribution is 2.29. The van der Waals surface area contributed by atoms with Gasteiger partial charge in [-0.3, -0.25) is 0 Å². The average Bonchev–Trinajstić information content (AvgIpc) is 2.61. The molecule has 1 aliphatic rings. The largest absolute Gasteiger partial charge is 0.477 e. The van der Waals surface area contributed by atoms with E-state index in [1.54, 1.807) is 6.20 Å². The summed E-state index contributed by atoms with van der Waals surface area (Å²) in [6, 6.07) is 5.73. The Morgan fingerprint density at radius 2 is 2.04 bits per heavy atom. The van der Waals surface area contributed by atoms with Crippen LogP contribution in [0.15, 0.2) is 24.4 Å². The molecule has 3 rings (SSSR count). The smallest absolute Gasteiger partial charge is 0.213 e. The molecule has 24 heavy (non-hydrogen) atoms. The molecular formula is C18H23ClN4O. The molecular weight excluding hydrogens is 324 g/mol. The maximum absolute atomic E-state index is 6.30. The second-order valence-corrected chi connectivity index (χ2v) is 6.48. The molecule has 5 nitrogen and oxygen atoms in total. The quantitative estimate of drug-likeness (QED) is 0.773. The normalized spacial score (nSPS) is 15.5. The van der Waals surface area contributed by atoms with Gasteiger partial charge in [0.2, 0.25) is 5.88 Å². The summed E-state index contributed by atoms with van der Waals surface area (Å²) in [5, 5.41) is 0.584. The molecule has 2 aromatic heterocycles. The summed E-state index contributed by atoms with van der Waals surface area (Å²) in [4.78, 5) is 15.4. The standard InChI is InChI=1S/C18H23ClN4O/c1-3-15-17(19)21-13(2)22-18(15)23-10-7-14(8-11-23)12-24-16-6-4-5-9-20-16/h4-6,9,14H,3,7-8,10-12H2,1-2H3. The second kappa shape index (κ2) is 7.79. The van der Waals surface area contributed by atoms with Crippen molar-refractivity contribution in [1.82, 2.24) is 15.0 Å². The van der Waals surface area contributed by atoms with E-state index in [0.29, 0.717) is 17.0 Å². The predicted molar refractivity (Wildman–Crippen MR) is 95.8 cm³/mol. The zero-order valence-electron chi connectivity index (χ0n) is 14.2. The molecule has 0 bridgehead atoms. The maximum Gasteiger partial charge on any atom is 0.213 e. The van der Waals surface area contributed by atoms with Crippen molar-refractivity contribution in [1.29, 1.82) is 0 Å². The van der Waals surface area contributed by atoms with Crippen molar-refractivity contribution in [3.63, 3.8) is 0 Å². The number of pyridine rings is 1. The number of nitrogens with zero attached hydrogens (tertiary/aromatic N) is 4. The lowest BCUT2D eigenvalue weighted by Gasteiger charge is -2.33. The summed E-state index contributed by atoms with van der Waals surface area (Å²) in [5.41, 5.74) is 1.05. The predicted octanol–water partition coefficient (Wildman–Crippen LogP) is 3.69. The van der Waals surface area contributed by atoms with Gasteiger partial charge in [-0.1, -0.05) is 24.6 Å². The Balaban J connectivity index is 1.59. The molecule has 1 saturated heterocycles. The van der Waals surface area contributed by atoms with Gasteiger partial charge in [-0.2, -0.15) is 0 Å². The van der Waals surface area contributed by atoms with Crippen LogP contribution in [0.5, 0.6) is 5.88 Å². The Morgan fingerprint density at radius 1 is 1.25 bits per heavy atom. The molecule has 0 aliphatic carbocycles. The molecule has 0 radical (unpaired) electrons. The van der Waals surface area contributed by atoms with Gasteiger partial charge >= 0.3 is 0 Å². The number of ether oxygens (including phenoxy) is 1. The van der Waals surface area contributed by atoms with E-state index in [-0.39, 0.29) is 0 Å². The third kappa shape index (κ3) is 3.96. The Kier molecular flexibility index (Phi) is 5.51. The van der Waals surface area contributed by atoms with Crippen molar-refractivity contribution in [2.75, 3.05) is 24.6 Å². The van der Waals surface area contributed by atoms with Crippen LogP contribution in [0.25, 0.3) is 0 Å². The van der Waals surface area contributed by atoms with E-state index in [1.807, 2.05) is 25.1 Å². The molecule has 2 aromatic rings. The van der Waals surface area contributed by atoms with E-state index < -0.39 is 0 Å². The van der Waals surface area contributed by atoms with Crippen LogP contribution in [-0.2, 0) is 6.42 Å². The average molecular weight is 347 g/mol. The summed E-state index contributed by atoms with van der Waals surface area (Å²) >= 11 is 6.30. The van der Waals surface area contributed by atoms with Gasteiger partial charge in [-0.25, -0.2) is 15.0 Å². The fourth-order valence-electron chi connectivity index (χ4n) is 3.06. The molecule has 1 aliphatic heterocycles. The zero-order valence-corrected chi connectivity index (χ0v) is 15.0. The SMILES string of the molecule is CCc1c(Cl)nc(C)nc1N1CCC(COc2ccccn2)CC1. The van der Waals surface area contributed by atoms with Gasteiger partial charge in [0.25, 0.3) is 0 Å². The van der Waals surface area contributed by atoms with Crippen LogP contribution in [0.4, 0.5) is 5.82 Å². The Bertz CT molecular complexity index is 672. The highest BCUT2D eigenvalue weighted by atomic mass is 35.5. The molecule has 0 saturated carbocycles. The molecule has 0 aromatic carbocycles. The van der Waals surface area contributed by atoms with Crippen molar-refractivity contribution in [3.8, 4) is 5.88 Å². The van der Waals surface area contributed by atoms with Crippen LogP contribution in [0, 0.1) is 12.8 Å². The first-order chi connectivity index (χ1) is 11.7. The number of hydrogen-bond donors (Lipinski definition) is 0. The number of halogens is 1. The highest BCUT2D eigenvalue weighted by Gasteiger charge is 2.23. The van der Waals surface area contributed by atoms with Crippen LogP contribution in [0.1, 0.15) is 31.2 Å². The van der Waals surface area contributed by atoms with E-state index >= 15 is 0 Å². The second-order valence-electron chi connectivity index (χ2n) is 6.13. The minimum Gasteiger partial charge on any atom is -0.477 e. The lowest BCUT2D eigenvalue weighted by molar-refractivity contribution is 0.216. The number of piperidine rings is 1. The summed E-state index contributed by atoms with van der Waals surface area (Å²) in [7, 11) is 0. The molecule has 0 N–H and O–H groups in total. The molecule has 0 spiro atoms. The van der Waals surface area contributed by atoms with Gasteiger partial charge < -0.3 is 9.64 Å². The van der Waals surface area contributed by atoms with Crippen LogP contribution < -0.4 is 9.64 Å². The van der Waals surface area contributed by atoms with E-state index in [0.717, 1.165) is 56.2 Å². The number of rotatable bonds is 5. The third-order valence-electron chi connectivity index (χ3n) is 4.42. The number of aryl methyl sites for hydroxylation is 1. The van der Waals surface area contributed by atoms with Crippen molar-refractivity contribution >= 4 is 17.4 Å². The summed E-state index contributed by atoms with van der Waals surface area (Å²) < 4.78 is 5.79. The molecule has 6 heteroatoms. The molecule has 128 valence electrons. The van der Waals surface area contributed by atoms with Crippen LogP contribution in [0.2, 0.25) is 5.15 Å². The van der Waals surface area contributed by atoms with E-state index in [2.05, 4.69) is 26.8 Å². The van der Waals surface area contributed by atoms with Crippen molar-refractivity contribution in [3.05, 3.63) is 40.9 Å². The van der Waals surface area contributed by atoms with E-state index in [9.17, 15) is 0 Å². The van der Waals surface area contributed by atoms with E-state index in [1.165, 1.54) is 0 Å². The van der Waals surface area contributed by atoms with Crippen LogP contribution in [-0.4, -0.2) is 34.6 Å². The lowest BCUT2D eigenvalue weighted by atomic mass is 9.97. The summed E-state index contributed by atoms with van der Waals surface area (Å²) in [6.07, 6.45) is 4.76. The van der Waals surface area contributed by atoms with Gasteiger partial charge in [0.15, 0.2) is 0 Å². The highest BCUT2D eigenvalue weighted by molar-refractivity contribution is 6.30. The van der Waals surface area contributed by atoms with E-state index in [4.69, 9.17) is 16.3 Å². The first-order valence-electron chi connectivity index (χ1n) is 8.49. The number of aromatic nitrogens is 3. The summed E-state index contributed by atoms with van der Waals surface area (Å²) in [6.45, 7) is 6.64. The van der Waals surface area contributed by atoms with Gasteiger partial charge in [-0.05, 0) is 38.2 Å². The van der Waals surface area contributed by atoms with Gasteiger partial charge in [0.1, 0.15) is 16.8 Å². The Hall–Kier alpha value is -1.88. The topological polar surface area (TPSA) is 51.1 Å². The zero-order chi connectivity index (χ0) is 16.9. The minimum absolute atomic E-state index is 0.548. The minimum atomic E-state index is 0.548. The lowest BCUT2D eigenvalue weighted by Crippen LogP contribution is -2.37. The van der Waals surface area contributed by atoms with Crippen molar-refractivity contribution in [2.45, 2.75) is 33.1 Å². The Labute approximate surface area is 148 Å². The van der Waals surface area contributed by atoms with Crippen LogP contribution in [0.3, 0.4) is 0 Å². The van der Waals surface area contributed by atoms with Gasteiger partial charge in [-0.15, -0.1) is 0 Å². The molecule has 3 heterocycles. The first-order valence-corrected chi connectivity index (χ1v) is 8.87. The first kappa shape index (κ1) is 17.0. The van der Waals surface area contributed by atoms with Gasteiger partial charge in [0, 0.05) is 30.9 Å². The number of anilines is 1. The Morgan fingerprint density at radius 3 is 2.71 bits per heavy atom. The fraction of sp³-hybridized carbons (Fsp3) is 0.500.